The van der Waals surface area contributed by atoms with Crippen molar-refractivity contribution < 1.29 is 4.74 Å². The maximum absolute atomic E-state index is 5.80. The Morgan fingerprint density at radius 2 is 2.20 bits per heavy atom. The standard InChI is InChI=1S/C14H18ClN3OS/c1-20-9-3-2-8-19-11-18-13(6-7-17-18)12-4-5-14(15)16-10-12/h4-7,10H,2-3,8-9,11H2,1H3/p+1. The lowest BCUT2D eigenvalue weighted by atomic mass is 10.2. The van der Waals surface area contributed by atoms with Crippen molar-refractivity contribution >= 4 is 23.4 Å². The molecule has 20 heavy (non-hydrogen) atoms. The van der Waals surface area contributed by atoms with Crippen molar-refractivity contribution in [1.29, 1.82) is 0 Å². The van der Waals surface area contributed by atoms with E-state index < -0.39 is 0 Å². The van der Waals surface area contributed by atoms with Gasteiger partial charge in [0.1, 0.15) is 17.6 Å². The van der Waals surface area contributed by atoms with Gasteiger partial charge in [0.2, 0.25) is 0 Å². The molecule has 0 atom stereocenters. The molecule has 2 heterocycles. The fourth-order valence-electron chi connectivity index (χ4n) is 1.83. The van der Waals surface area contributed by atoms with Crippen LogP contribution in [-0.4, -0.2) is 33.4 Å². The number of aromatic nitrogens is 3. The molecule has 0 saturated heterocycles. The molecule has 2 aromatic heterocycles. The van der Waals surface area contributed by atoms with Crippen LogP contribution in [0.4, 0.5) is 0 Å². The zero-order chi connectivity index (χ0) is 14.2. The van der Waals surface area contributed by atoms with Crippen LogP contribution < -0.4 is 0 Å². The highest BCUT2D eigenvalue weighted by atomic mass is 35.5. The number of nitrogens with zero attached hydrogens (tertiary/aromatic N) is 3. The maximum Gasteiger partial charge on any atom is 0.140 e. The average molecular weight is 313 g/mol. The van der Waals surface area contributed by atoms with Crippen LogP contribution in [0, 0.1) is 0 Å². The van der Waals surface area contributed by atoms with E-state index in [9.17, 15) is 0 Å². The molecule has 0 fully saturated rings. The fourth-order valence-corrected chi connectivity index (χ4v) is 2.48. The van der Waals surface area contributed by atoms with Crippen molar-refractivity contribution in [1.82, 2.24) is 14.8 Å². The van der Waals surface area contributed by atoms with Crippen molar-refractivity contribution in [2.45, 2.75) is 19.6 Å². The zero-order valence-electron chi connectivity index (χ0n) is 11.5. The van der Waals surface area contributed by atoms with Gasteiger partial charge < -0.3 is 4.74 Å². The second-order valence-electron chi connectivity index (χ2n) is 4.37. The lowest BCUT2D eigenvalue weighted by molar-refractivity contribution is 0.0681. The van der Waals surface area contributed by atoms with E-state index in [1.807, 2.05) is 16.8 Å². The van der Waals surface area contributed by atoms with Crippen molar-refractivity contribution in [3.05, 3.63) is 35.7 Å². The summed E-state index contributed by atoms with van der Waals surface area (Å²) in [6.45, 7) is 1.24. The number of pyridine rings is 1. The first kappa shape index (κ1) is 15.4. The largest absolute Gasteiger partial charge is 0.359 e. The first-order valence-electron chi connectivity index (χ1n) is 6.58. The molecule has 0 N–H and O–H groups in total. The molecular formula is C14H19ClN3OS+. The highest BCUT2D eigenvalue weighted by Crippen LogP contribution is 2.19. The third-order valence-electron chi connectivity index (χ3n) is 2.87. The second kappa shape index (κ2) is 8.29. The monoisotopic (exact) mass is 312 g/mol. The quantitative estimate of drug-likeness (QED) is 0.326. The molecular weight excluding hydrogens is 294 g/mol. The predicted molar refractivity (Wildman–Crippen MR) is 85.2 cm³/mol. The minimum Gasteiger partial charge on any atom is -0.359 e. The van der Waals surface area contributed by atoms with Gasteiger partial charge in [-0.3, -0.25) is 0 Å². The van der Waals surface area contributed by atoms with E-state index in [1.165, 1.54) is 23.9 Å². The number of hydrogen-bond donors (Lipinski definition) is 0. The minimum absolute atomic E-state index is 0.467. The normalized spacial score (nSPS) is 10.9. The Labute approximate surface area is 128 Å². The first-order valence-corrected chi connectivity index (χ1v) is 8.49. The predicted octanol–water partition coefficient (Wildman–Crippen LogP) is 2.80. The van der Waals surface area contributed by atoms with Crippen molar-refractivity contribution in [3.63, 3.8) is 0 Å². The number of ether oxygens (including phenoxy) is 1. The highest BCUT2D eigenvalue weighted by molar-refractivity contribution is 7.77. The maximum atomic E-state index is 5.80. The van der Waals surface area contributed by atoms with E-state index in [-0.39, 0.29) is 0 Å². The summed E-state index contributed by atoms with van der Waals surface area (Å²) in [7, 11) is 0. The molecule has 108 valence electrons. The molecule has 0 aliphatic carbocycles. The molecule has 0 unspecified atom stereocenters. The number of unbranched alkanes of at least 4 members (excludes halogenated alkanes) is 1. The Balaban J connectivity index is 1.87. The number of halogens is 1. The van der Waals surface area contributed by atoms with Gasteiger partial charge in [-0.25, -0.2) is 9.67 Å². The van der Waals surface area contributed by atoms with Crippen molar-refractivity contribution in [3.8, 4) is 11.3 Å². The number of rotatable bonds is 8. The molecule has 0 amide bonds. The van der Waals surface area contributed by atoms with Crippen molar-refractivity contribution in [2.24, 2.45) is 0 Å². The Hall–Kier alpha value is -1.04. The summed E-state index contributed by atoms with van der Waals surface area (Å²) in [5.41, 5.74) is 1.97. The van der Waals surface area contributed by atoms with Gasteiger partial charge in [-0.05, 0) is 42.8 Å². The molecule has 2 rings (SSSR count). The summed E-state index contributed by atoms with van der Waals surface area (Å²) in [6.07, 6.45) is 8.00. The topological polar surface area (TPSA) is 39.9 Å². The van der Waals surface area contributed by atoms with E-state index in [2.05, 4.69) is 16.3 Å². The molecule has 0 aromatic carbocycles. The van der Waals surface area contributed by atoms with Crippen LogP contribution in [0.25, 0.3) is 11.3 Å². The van der Waals surface area contributed by atoms with E-state index in [4.69, 9.17) is 16.3 Å². The summed E-state index contributed by atoms with van der Waals surface area (Å²) in [6, 6.07) is 5.66. The third kappa shape index (κ3) is 4.51. The molecule has 0 bridgehead atoms. The van der Waals surface area contributed by atoms with Crippen molar-refractivity contribution in [2.75, 3.05) is 18.6 Å². The molecule has 0 saturated carbocycles. The average Bonchev–Trinajstić information content (AvgIpc) is 2.92. The molecule has 0 aliphatic rings. The first-order chi connectivity index (χ1) is 9.81. The van der Waals surface area contributed by atoms with E-state index in [1.54, 1.807) is 18.5 Å². The van der Waals surface area contributed by atoms with E-state index in [0.29, 0.717) is 11.9 Å². The molecule has 6 heteroatoms. The smallest absolute Gasteiger partial charge is 0.140 e. The van der Waals surface area contributed by atoms with Gasteiger partial charge in [0, 0.05) is 24.6 Å². The summed E-state index contributed by atoms with van der Waals surface area (Å²) >= 11 is 7.25. The van der Waals surface area contributed by atoms with Crippen LogP contribution in [0.1, 0.15) is 12.8 Å². The third-order valence-corrected chi connectivity index (χ3v) is 3.86. The molecule has 0 spiro atoms. The molecule has 2 aromatic rings. The van der Waals surface area contributed by atoms with Gasteiger partial charge in [0.05, 0.1) is 11.9 Å². The van der Waals surface area contributed by atoms with Crippen LogP contribution in [0.15, 0.2) is 30.6 Å². The zero-order valence-corrected chi connectivity index (χ0v) is 13.1. The molecule has 0 radical (unpaired) electrons. The van der Waals surface area contributed by atoms with Crippen LogP contribution in [-0.2, 0) is 23.2 Å². The Bertz CT molecular complexity index is 515. The van der Waals surface area contributed by atoms with Crippen LogP contribution >= 0.6 is 11.6 Å². The summed E-state index contributed by atoms with van der Waals surface area (Å²) in [4.78, 5) is 4.09. The SMILES string of the molecule is C[SH+]CCCCOCn1nccc1-c1ccc(Cl)nc1. The van der Waals surface area contributed by atoms with Gasteiger partial charge in [0.15, 0.2) is 0 Å². The summed E-state index contributed by atoms with van der Waals surface area (Å²) in [5.74, 6) is 1.24. The molecule has 4 nitrogen and oxygen atoms in total. The van der Waals surface area contributed by atoms with E-state index in [0.717, 1.165) is 24.3 Å². The van der Waals surface area contributed by atoms with Crippen LogP contribution in [0.2, 0.25) is 5.15 Å². The lowest BCUT2D eigenvalue weighted by Gasteiger charge is -2.08. The highest BCUT2D eigenvalue weighted by Gasteiger charge is 2.06. The number of hydrogen-bond acceptors (Lipinski definition) is 3. The Kier molecular flexibility index (Phi) is 6.36. The number of thiol groups is 1. The second-order valence-corrected chi connectivity index (χ2v) is 5.84. The van der Waals surface area contributed by atoms with Crippen LogP contribution in [0.3, 0.4) is 0 Å². The lowest BCUT2D eigenvalue weighted by Crippen LogP contribution is -2.07. The molecule has 0 aliphatic heterocycles. The van der Waals surface area contributed by atoms with Gasteiger partial charge in [0.25, 0.3) is 0 Å². The Morgan fingerprint density at radius 3 is 2.95 bits per heavy atom. The van der Waals surface area contributed by atoms with Gasteiger partial charge >= 0.3 is 0 Å². The van der Waals surface area contributed by atoms with Crippen LogP contribution in [0.5, 0.6) is 0 Å². The van der Waals surface area contributed by atoms with Gasteiger partial charge in [-0.2, -0.15) is 5.10 Å². The fraction of sp³-hybridized carbons (Fsp3) is 0.429. The van der Waals surface area contributed by atoms with Gasteiger partial charge in [-0.15, -0.1) is 0 Å². The summed E-state index contributed by atoms with van der Waals surface area (Å²) < 4.78 is 7.50. The van der Waals surface area contributed by atoms with Gasteiger partial charge in [-0.1, -0.05) is 11.6 Å². The minimum atomic E-state index is 0.467. The Morgan fingerprint density at radius 1 is 1.30 bits per heavy atom. The van der Waals surface area contributed by atoms with E-state index >= 15 is 0 Å². The summed E-state index contributed by atoms with van der Waals surface area (Å²) in [5, 5.41) is 4.77.